The number of hydrogen-bond donors (Lipinski definition) is 1. The summed E-state index contributed by atoms with van der Waals surface area (Å²) >= 11 is 7.01. The Morgan fingerprint density at radius 2 is 1.64 bits per heavy atom. The van der Waals surface area contributed by atoms with Crippen molar-refractivity contribution in [2.45, 2.75) is 18.8 Å². The summed E-state index contributed by atoms with van der Waals surface area (Å²) in [6, 6.07) is 3.65. The van der Waals surface area contributed by atoms with Crippen LogP contribution in [0.4, 0.5) is 45.6 Å². The van der Waals surface area contributed by atoms with Gasteiger partial charge in [-0.05, 0) is 30.3 Å². The number of benzene rings is 2. The number of carbonyl (C=O) groups excluding carboxylic acids is 2. The van der Waals surface area contributed by atoms with Crippen molar-refractivity contribution in [1.82, 2.24) is 5.32 Å². The molecule has 6 nitrogen and oxygen atoms in total. The fraction of sp³-hybridized carbons (Fsp3) is 0.176. The molecule has 2 aromatic rings. The molecular weight excluding hydrogens is 611 g/mol. The Kier molecular flexibility index (Phi) is 8.34. The molecule has 3 amide bonds. The van der Waals surface area contributed by atoms with Crippen LogP contribution in [0, 0.1) is 11.6 Å². The summed E-state index contributed by atoms with van der Waals surface area (Å²) in [5.74, 6) is -4.90. The van der Waals surface area contributed by atoms with Crippen LogP contribution in [0.1, 0.15) is 10.4 Å². The summed E-state index contributed by atoms with van der Waals surface area (Å²) in [5.41, 5.74) is -1.24. The predicted molar refractivity (Wildman–Crippen MR) is 105 cm³/mol. The third-order valence-electron chi connectivity index (χ3n) is 3.48. The number of amides is 3. The lowest BCUT2D eigenvalue weighted by molar-refractivity contribution is -0.411. The molecule has 180 valence electrons. The molecule has 0 spiro atoms. The minimum atomic E-state index is -5.71. The smallest absolute Gasteiger partial charge is 0.427 e. The highest BCUT2D eigenvalue weighted by molar-refractivity contribution is 14.1. The van der Waals surface area contributed by atoms with Gasteiger partial charge in [0.2, 0.25) is 0 Å². The number of rotatable bonds is 6. The highest BCUT2D eigenvalue weighted by Gasteiger charge is 2.51. The van der Waals surface area contributed by atoms with Crippen LogP contribution in [0.15, 0.2) is 36.4 Å². The van der Waals surface area contributed by atoms with Gasteiger partial charge in [0.15, 0.2) is 0 Å². The third-order valence-corrected chi connectivity index (χ3v) is 4.77. The first-order valence-electron chi connectivity index (χ1n) is 8.12. The molecule has 0 fully saturated rings. The van der Waals surface area contributed by atoms with Gasteiger partial charge in [-0.1, -0.05) is 17.7 Å². The molecule has 1 atom stereocenters. The zero-order chi connectivity index (χ0) is 25.1. The molecule has 0 aliphatic carbocycles. The molecule has 16 heteroatoms. The fourth-order valence-electron chi connectivity index (χ4n) is 2.11. The van der Waals surface area contributed by atoms with Crippen molar-refractivity contribution >= 4 is 52.1 Å². The van der Waals surface area contributed by atoms with Gasteiger partial charge >= 0.3 is 24.9 Å². The van der Waals surface area contributed by atoms with Crippen LogP contribution in [0.3, 0.4) is 0 Å². The molecule has 0 saturated carbocycles. The number of carbonyl (C=O) groups is 2. The van der Waals surface area contributed by atoms with Crippen molar-refractivity contribution in [3.63, 3.8) is 0 Å². The predicted octanol–water partition coefficient (Wildman–Crippen LogP) is 6.13. The maximum absolute atomic E-state index is 13.6. The highest BCUT2D eigenvalue weighted by atomic mass is 127. The maximum Gasteiger partial charge on any atom is 0.525 e. The second kappa shape index (κ2) is 10.3. The molecule has 0 saturated heterocycles. The SMILES string of the molecule is O=C(NC(=O)N(I)c1ccc(OC(F)(F)C(F)OC(F)(F)F)c(Cl)c1)c1c(F)cccc1F. The highest BCUT2D eigenvalue weighted by Crippen LogP contribution is 2.37. The van der Waals surface area contributed by atoms with E-state index < -0.39 is 58.7 Å². The summed E-state index contributed by atoms with van der Waals surface area (Å²) in [6.07, 6.45) is -15.0. The average Bonchev–Trinajstić information content (AvgIpc) is 2.67. The van der Waals surface area contributed by atoms with Gasteiger partial charge in [0.1, 0.15) is 22.9 Å². The minimum Gasteiger partial charge on any atom is -0.427 e. The van der Waals surface area contributed by atoms with E-state index in [1.807, 2.05) is 0 Å². The van der Waals surface area contributed by atoms with E-state index in [1.165, 1.54) is 22.9 Å². The molecule has 0 aliphatic heterocycles. The van der Waals surface area contributed by atoms with E-state index in [4.69, 9.17) is 11.6 Å². The topological polar surface area (TPSA) is 67.9 Å². The van der Waals surface area contributed by atoms with Crippen molar-refractivity contribution in [2.75, 3.05) is 3.11 Å². The van der Waals surface area contributed by atoms with Crippen LogP contribution in [0.2, 0.25) is 5.02 Å². The molecule has 1 unspecified atom stereocenters. The molecule has 33 heavy (non-hydrogen) atoms. The summed E-state index contributed by atoms with van der Waals surface area (Å²) < 4.78 is 110. The number of alkyl halides is 6. The third kappa shape index (κ3) is 7.04. The average molecular weight is 619 g/mol. The number of hydrogen-bond acceptors (Lipinski definition) is 4. The number of urea groups is 1. The van der Waals surface area contributed by atoms with E-state index >= 15 is 0 Å². The second-order valence-corrected chi connectivity index (χ2v) is 7.17. The van der Waals surface area contributed by atoms with E-state index in [9.17, 15) is 44.7 Å². The summed E-state index contributed by atoms with van der Waals surface area (Å²) in [4.78, 5) is 24.1. The van der Waals surface area contributed by atoms with Gasteiger partial charge < -0.3 is 4.74 Å². The first-order valence-corrected chi connectivity index (χ1v) is 9.47. The number of halogens is 10. The summed E-state index contributed by atoms with van der Waals surface area (Å²) in [6.45, 7) is 0. The molecular formula is C17H8ClF8IN2O4. The fourth-order valence-corrected chi connectivity index (χ4v) is 2.75. The Balaban J connectivity index is 2.13. The molecule has 0 bridgehead atoms. The monoisotopic (exact) mass is 618 g/mol. The van der Waals surface area contributed by atoms with Gasteiger partial charge in [0.25, 0.3) is 5.91 Å². The first-order chi connectivity index (χ1) is 15.1. The number of anilines is 1. The van der Waals surface area contributed by atoms with E-state index in [0.717, 1.165) is 30.3 Å². The molecule has 2 rings (SSSR count). The van der Waals surface area contributed by atoms with Crippen LogP contribution in [-0.2, 0) is 4.74 Å². The quantitative estimate of drug-likeness (QED) is 0.241. The number of ether oxygens (including phenoxy) is 2. The summed E-state index contributed by atoms with van der Waals surface area (Å²) in [7, 11) is 0. The minimum absolute atomic E-state index is 0.195. The summed E-state index contributed by atoms with van der Waals surface area (Å²) in [5, 5.41) is 0.977. The lowest BCUT2D eigenvalue weighted by atomic mass is 10.2. The Morgan fingerprint density at radius 1 is 1.06 bits per heavy atom. The first kappa shape index (κ1) is 26.8. The van der Waals surface area contributed by atoms with Crippen molar-refractivity contribution in [2.24, 2.45) is 0 Å². The Labute approximate surface area is 197 Å². The van der Waals surface area contributed by atoms with Gasteiger partial charge in [-0.15, -0.1) is 13.2 Å². The van der Waals surface area contributed by atoms with E-state index in [-0.39, 0.29) is 5.69 Å². The Morgan fingerprint density at radius 3 is 2.15 bits per heavy atom. The van der Waals surface area contributed by atoms with Crippen LogP contribution < -0.4 is 13.2 Å². The number of imide groups is 1. The molecule has 0 radical (unpaired) electrons. The Hall–Kier alpha value is -2.40. The van der Waals surface area contributed by atoms with Gasteiger partial charge in [-0.2, -0.15) is 8.78 Å². The molecule has 0 aliphatic rings. The largest absolute Gasteiger partial charge is 0.525 e. The second-order valence-electron chi connectivity index (χ2n) is 5.79. The van der Waals surface area contributed by atoms with E-state index in [2.05, 4.69) is 9.47 Å². The van der Waals surface area contributed by atoms with Gasteiger partial charge in [-0.3, -0.25) is 10.1 Å². The van der Waals surface area contributed by atoms with Crippen molar-refractivity contribution < 1.29 is 54.2 Å². The standard InChI is InChI=1S/C17H8ClF8IN2O4/c18-8-6-7(4-5-11(8)32-16(22,23)14(21)33-17(24,25)26)29(27)15(31)28-13(30)12-9(19)2-1-3-10(12)20/h1-6,14H,(H,28,30,31). The molecule has 2 aromatic carbocycles. The van der Waals surface area contributed by atoms with Crippen molar-refractivity contribution in [3.05, 3.63) is 58.6 Å². The normalized spacial score (nSPS) is 12.8. The van der Waals surface area contributed by atoms with Crippen LogP contribution in [0.5, 0.6) is 5.75 Å². The Bertz CT molecular complexity index is 1040. The zero-order valence-corrected chi connectivity index (χ0v) is 18.3. The van der Waals surface area contributed by atoms with Gasteiger partial charge in [0.05, 0.1) is 33.6 Å². The number of nitrogens with one attached hydrogen (secondary N) is 1. The van der Waals surface area contributed by atoms with Crippen LogP contribution in [-0.4, -0.2) is 30.8 Å². The molecule has 0 aromatic heterocycles. The van der Waals surface area contributed by atoms with E-state index in [0.29, 0.717) is 9.18 Å². The van der Waals surface area contributed by atoms with Gasteiger partial charge in [0, 0.05) is 0 Å². The lowest BCUT2D eigenvalue weighted by Gasteiger charge is -2.23. The van der Waals surface area contributed by atoms with Gasteiger partial charge in [-0.25, -0.2) is 25.8 Å². The number of nitrogens with zero attached hydrogens (tertiary/aromatic N) is 1. The zero-order valence-electron chi connectivity index (χ0n) is 15.4. The van der Waals surface area contributed by atoms with E-state index in [1.54, 1.807) is 5.32 Å². The molecule has 0 heterocycles. The van der Waals surface area contributed by atoms with Crippen molar-refractivity contribution in [3.8, 4) is 5.75 Å². The lowest BCUT2D eigenvalue weighted by Crippen LogP contribution is -2.41. The van der Waals surface area contributed by atoms with Crippen molar-refractivity contribution in [1.29, 1.82) is 0 Å². The molecule has 1 N–H and O–H groups in total. The maximum atomic E-state index is 13.6. The van der Waals surface area contributed by atoms with Crippen LogP contribution >= 0.6 is 34.5 Å². The van der Waals surface area contributed by atoms with Crippen LogP contribution in [0.25, 0.3) is 0 Å².